The zero-order valence-corrected chi connectivity index (χ0v) is 11.1. The van der Waals surface area contributed by atoms with Crippen LogP contribution in [0.5, 0.6) is 0 Å². The Morgan fingerprint density at radius 3 is 2.37 bits per heavy atom. The van der Waals surface area contributed by atoms with Gasteiger partial charge in [-0.3, -0.25) is 0 Å². The van der Waals surface area contributed by atoms with E-state index in [4.69, 9.17) is 0 Å². The lowest BCUT2D eigenvalue weighted by Crippen LogP contribution is -2.48. The maximum atomic E-state index is 11.2. The molecule has 4 fully saturated rings. The summed E-state index contributed by atoms with van der Waals surface area (Å²) in [6.45, 7) is 0.859. The molecule has 4 heteroatoms. The highest BCUT2D eigenvalue weighted by Gasteiger charge is 2.51. The van der Waals surface area contributed by atoms with E-state index in [1.165, 1.54) is 38.5 Å². The fourth-order valence-corrected chi connectivity index (χ4v) is 5.48. The second-order valence-electron chi connectivity index (χ2n) is 7.10. The van der Waals surface area contributed by atoms with Gasteiger partial charge in [0.1, 0.15) is 0 Å². The number of rotatable bonds is 3. The van der Waals surface area contributed by atoms with Crippen molar-refractivity contribution in [2.75, 3.05) is 0 Å². The van der Waals surface area contributed by atoms with Crippen molar-refractivity contribution >= 4 is 5.97 Å². The summed E-state index contributed by atoms with van der Waals surface area (Å²) in [6.07, 6.45) is 11.6. The van der Waals surface area contributed by atoms with Gasteiger partial charge in [0, 0.05) is 18.9 Å². The molecule has 0 unspecified atom stereocenters. The molecule has 0 saturated heterocycles. The quantitative estimate of drug-likeness (QED) is 0.909. The van der Waals surface area contributed by atoms with E-state index in [9.17, 15) is 9.90 Å². The molecule has 0 aliphatic heterocycles. The average molecular weight is 260 g/mol. The number of imidazole rings is 1. The Balaban J connectivity index is 1.62. The van der Waals surface area contributed by atoms with E-state index in [0.717, 1.165) is 24.3 Å². The Labute approximate surface area is 112 Å². The third kappa shape index (κ3) is 1.80. The first-order valence-electron chi connectivity index (χ1n) is 7.38. The third-order valence-electron chi connectivity index (χ3n) is 5.58. The maximum absolute atomic E-state index is 11.2. The third-order valence-corrected chi connectivity index (χ3v) is 5.58. The molecule has 1 heterocycles. The number of carboxylic acid groups (broad SMARTS) is 1. The molecule has 102 valence electrons. The molecular weight excluding hydrogens is 240 g/mol. The van der Waals surface area contributed by atoms with Crippen molar-refractivity contribution in [3.05, 3.63) is 18.2 Å². The van der Waals surface area contributed by atoms with E-state index in [0.29, 0.717) is 5.41 Å². The molecule has 1 aromatic rings. The largest absolute Gasteiger partial charge is 0.475 e. The number of nitrogens with zero attached hydrogens (tertiary/aromatic N) is 2. The fourth-order valence-electron chi connectivity index (χ4n) is 5.48. The maximum Gasteiger partial charge on any atom is 0.372 e. The number of hydrogen-bond acceptors (Lipinski definition) is 2. The van der Waals surface area contributed by atoms with Gasteiger partial charge in [-0.2, -0.15) is 0 Å². The highest BCUT2D eigenvalue weighted by molar-refractivity contribution is 5.83. The van der Waals surface area contributed by atoms with Crippen molar-refractivity contribution in [3.8, 4) is 0 Å². The van der Waals surface area contributed by atoms with Crippen molar-refractivity contribution < 1.29 is 9.90 Å². The van der Waals surface area contributed by atoms with Crippen LogP contribution in [0.4, 0.5) is 0 Å². The van der Waals surface area contributed by atoms with Crippen LogP contribution in [0.25, 0.3) is 0 Å². The SMILES string of the molecule is O=C(O)c1nccn1CC12CC3CC(CC(C3)C1)C2. The van der Waals surface area contributed by atoms with E-state index in [2.05, 4.69) is 4.98 Å². The van der Waals surface area contributed by atoms with Gasteiger partial charge in [0.25, 0.3) is 0 Å². The van der Waals surface area contributed by atoms with Gasteiger partial charge in [-0.05, 0) is 61.7 Å². The van der Waals surface area contributed by atoms with Gasteiger partial charge in [-0.1, -0.05) is 0 Å². The molecule has 1 N–H and O–H groups in total. The Hall–Kier alpha value is -1.32. The van der Waals surface area contributed by atoms with Gasteiger partial charge < -0.3 is 9.67 Å². The van der Waals surface area contributed by atoms with Crippen LogP contribution in [0.3, 0.4) is 0 Å². The molecule has 4 aliphatic carbocycles. The lowest BCUT2D eigenvalue weighted by Gasteiger charge is -2.57. The smallest absolute Gasteiger partial charge is 0.372 e. The van der Waals surface area contributed by atoms with Crippen molar-refractivity contribution in [3.63, 3.8) is 0 Å². The molecule has 4 bridgehead atoms. The minimum absolute atomic E-state index is 0.204. The molecule has 4 saturated carbocycles. The van der Waals surface area contributed by atoms with Crippen molar-refractivity contribution in [2.24, 2.45) is 23.2 Å². The Kier molecular flexibility index (Phi) is 2.32. The molecule has 0 radical (unpaired) electrons. The summed E-state index contributed by atoms with van der Waals surface area (Å²) < 4.78 is 1.87. The van der Waals surface area contributed by atoms with Crippen LogP contribution in [0.2, 0.25) is 0 Å². The summed E-state index contributed by atoms with van der Waals surface area (Å²) >= 11 is 0. The first kappa shape index (κ1) is 11.5. The van der Waals surface area contributed by atoms with E-state index in [-0.39, 0.29) is 5.82 Å². The lowest BCUT2D eigenvalue weighted by molar-refractivity contribution is -0.0621. The number of hydrogen-bond donors (Lipinski definition) is 1. The number of carboxylic acids is 1. The summed E-state index contributed by atoms with van der Waals surface area (Å²) in [7, 11) is 0. The zero-order valence-electron chi connectivity index (χ0n) is 11.1. The lowest BCUT2D eigenvalue weighted by atomic mass is 9.49. The Bertz CT molecular complexity index is 485. The summed E-state index contributed by atoms with van der Waals surface area (Å²) in [5.74, 6) is 2.01. The number of carbonyl (C=O) groups is 1. The highest BCUT2D eigenvalue weighted by atomic mass is 16.4. The van der Waals surface area contributed by atoms with Gasteiger partial charge >= 0.3 is 5.97 Å². The summed E-state index contributed by atoms with van der Waals surface area (Å²) in [5, 5.41) is 9.18. The summed E-state index contributed by atoms with van der Waals surface area (Å²) in [6, 6.07) is 0. The standard InChI is InChI=1S/C15H20N2O2/c18-14(19)13-16-1-2-17(13)9-15-6-10-3-11(7-15)5-12(4-10)8-15/h1-2,10-12H,3-9H2,(H,18,19). The van der Waals surface area contributed by atoms with Crippen LogP contribution in [0.15, 0.2) is 12.4 Å². The van der Waals surface area contributed by atoms with Gasteiger partial charge in [-0.25, -0.2) is 9.78 Å². The minimum Gasteiger partial charge on any atom is -0.475 e. The molecule has 0 aromatic carbocycles. The van der Waals surface area contributed by atoms with E-state index < -0.39 is 5.97 Å². The van der Waals surface area contributed by atoms with Crippen LogP contribution >= 0.6 is 0 Å². The molecular formula is C15H20N2O2. The molecule has 0 atom stereocenters. The van der Waals surface area contributed by atoms with Crippen LogP contribution in [0.1, 0.15) is 49.1 Å². The van der Waals surface area contributed by atoms with Crippen LogP contribution in [-0.2, 0) is 6.54 Å². The van der Waals surface area contributed by atoms with Crippen molar-refractivity contribution in [1.29, 1.82) is 0 Å². The molecule has 0 spiro atoms. The number of aromatic nitrogens is 2. The van der Waals surface area contributed by atoms with Crippen molar-refractivity contribution in [2.45, 2.75) is 45.1 Å². The Morgan fingerprint density at radius 1 is 1.26 bits per heavy atom. The predicted octanol–water partition coefficient (Wildman–Crippen LogP) is 2.80. The van der Waals surface area contributed by atoms with Gasteiger partial charge in [0.15, 0.2) is 0 Å². The molecule has 5 rings (SSSR count). The average Bonchev–Trinajstić information content (AvgIpc) is 2.74. The van der Waals surface area contributed by atoms with Crippen LogP contribution in [0, 0.1) is 23.2 Å². The van der Waals surface area contributed by atoms with Crippen LogP contribution < -0.4 is 0 Å². The molecule has 4 aliphatic rings. The summed E-state index contributed by atoms with van der Waals surface area (Å²) in [5.41, 5.74) is 0.361. The summed E-state index contributed by atoms with van der Waals surface area (Å²) in [4.78, 5) is 15.2. The van der Waals surface area contributed by atoms with Gasteiger partial charge in [0.05, 0.1) is 0 Å². The predicted molar refractivity (Wildman–Crippen MR) is 69.8 cm³/mol. The topological polar surface area (TPSA) is 55.1 Å². The molecule has 19 heavy (non-hydrogen) atoms. The molecule has 1 aromatic heterocycles. The van der Waals surface area contributed by atoms with Gasteiger partial charge in [0.2, 0.25) is 5.82 Å². The zero-order chi connectivity index (χ0) is 13.0. The van der Waals surface area contributed by atoms with Gasteiger partial charge in [-0.15, -0.1) is 0 Å². The number of aromatic carboxylic acids is 1. The van der Waals surface area contributed by atoms with Crippen molar-refractivity contribution in [1.82, 2.24) is 9.55 Å². The van der Waals surface area contributed by atoms with E-state index in [1.54, 1.807) is 6.20 Å². The Morgan fingerprint density at radius 2 is 1.84 bits per heavy atom. The monoisotopic (exact) mass is 260 g/mol. The van der Waals surface area contributed by atoms with E-state index >= 15 is 0 Å². The normalized spacial score (nSPS) is 39.7. The van der Waals surface area contributed by atoms with Crippen LogP contribution in [-0.4, -0.2) is 20.6 Å². The molecule has 4 nitrogen and oxygen atoms in total. The molecule has 0 amide bonds. The minimum atomic E-state index is -0.908. The fraction of sp³-hybridized carbons (Fsp3) is 0.733. The second-order valence-corrected chi connectivity index (χ2v) is 7.10. The first-order chi connectivity index (χ1) is 9.13. The second kappa shape index (κ2) is 3.84. The van der Waals surface area contributed by atoms with E-state index in [1.807, 2.05) is 10.8 Å². The first-order valence-corrected chi connectivity index (χ1v) is 7.38. The highest BCUT2D eigenvalue weighted by Crippen LogP contribution is 2.60.